The van der Waals surface area contributed by atoms with Crippen LogP contribution in [-0.4, -0.2) is 47.4 Å². The van der Waals surface area contributed by atoms with E-state index in [0.717, 1.165) is 40.1 Å². The summed E-state index contributed by atoms with van der Waals surface area (Å²) < 4.78 is 16.7. The van der Waals surface area contributed by atoms with E-state index in [4.69, 9.17) is 19.0 Å². The van der Waals surface area contributed by atoms with E-state index in [1.807, 2.05) is 76.2 Å². The van der Waals surface area contributed by atoms with Crippen LogP contribution in [0.5, 0.6) is 5.75 Å². The van der Waals surface area contributed by atoms with Gasteiger partial charge in [-0.1, -0.05) is 35.0 Å². The van der Waals surface area contributed by atoms with Crippen LogP contribution < -0.4 is 10.1 Å². The van der Waals surface area contributed by atoms with Crippen molar-refractivity contribution in [2.24, 2.45) is 0 Å². The second-order valence-electron chi connectivity index (χ2n) is 8.37. The van der Waals surface area contributed by atoms with E-state index in [-0.39, 0.29) is 6.03 Å². The highest BCUT2D eigenvalue weighted by Gasteiger charge is 2.35. The molecule has 8 nitrogen and oxygen atoms in total. The van der Waals surface area contributed by atoms with Crippen molar-refractivity contribution in [3.8, 4) is 17.1 Å². The molecule has 1 aliphatic heterocycles. The van der Waals surface area contributed by atoms with Gasteiger partial charge in [-0.05, 0) is 63.9 Å². The lowest BCUT2D eigenvalue weighted by Gasteiger charge is -2.35. The van der Waals surface area contributed by atoms with Gasteiger partial charge in [-0.2, -0.15) is 4.98 Å². The van der Waals surface area contributed by atoms with Gasteiger partial charge in [0.1, 0.15) is 5.75 Å². The number of aromatic nitrogens is 2. The van der Waals surface area contributed by atoms with E-state index >= 15 is 0 Å². The molecule has 0 radical (unpaired) electrons. The molecule has 2 amide bonds. The first-order valence-electron chi connectivity index (χ1n) is 12.0. The van der Waals surface area contributed by atoms with Crippen LogP contribution in [0.1, 0.15) is 50.3 Å². The van der Waals surface area contributed by atoms with E-state index < -0.39 is 6.04 Å². The SMILES string of the molecule is CCOCCCN1C(=O)NC(c2ccc(C)cc2)C(c2nc(-c3ccc(OCC)cc3)no2)=C1C. The quantitative estimate of drug-likeness (QED) is 0.396. The number of urea groups is 1. The number of allylic oxidation sites excluding steroid dienone is 1. The lowest BCUT2D eigenvalue weighted by molar-refractivity contribution is 0.136. The molecule has 0 saturated heterocycles. The predicted molar refractivity (Wildman–Crippen MR) is 134 cm³/mol. The second kappa shape index (κ2) is 11.2. The van der Waals surface area contributed by atoms with Crippen LogP contribution in [0.25, 0.3) is 17.0 Å². The molecule has 0 saturated carbocycles. The topological polar surface area (TPSA) is 89.7 Å². The molecular weight excluding hydrogens is 444 g/mol. The Morgan fingerprint density at radius 2 is 1.77 bits per heavy atom. The van der Waals surface area contributed by atoms with Crippen molar-refractivity contribution in [2.45, 2.75) is 40.2 Å². The molecule has 0 spiro atoms. The van der Waals surface area contributed by atoms with Crippen LogP contribution in [0.15, 0.2) is 58.8 Å². The summed E-state index contributed by atoms with van der Waals surface area (Å²) in [6, 6.07) is 15.1. The molecule has 1 unspecified atom stereocenters. The molecule has 2 aromatic carbocycles. The Bertz CT molecular complexity index is 1170. The summed E-state index contributed by atoms with van der Waals surface area (Å²) in [4.78, 5) is 19.5. The minimum Gasteiger partial charge on any atom is -0.494 e. The van der Waals surface area contributed by atoms with Gasteiger partial charge in [0.05, 0.1) is 18.2 Å². The average Bonchev–Trinajstić information content (AvgIpc) is 3.34. The molecule has 8 heteroatoms. The third kappa shape index (κ3) is 5.54. The summed E-state index contributed by atoms with van der Waals surface area (Å²) in [7, 11) is 0. The zero-order valence-corrected chi connectivity index (χ0v) is 20.7. The smallest absolute Gasteiger partial charge is 0.322 e. The van der Waals surface area contributed by atoms with Crippen LogP contribution in [0.4, 0.5) is 4.79 Å². The summed E-state index contributed by atoms with van der Waals surface area (Å²) in [5.74, 6) is 1.65. The molecular formula is C27H32N4O4. The van der Waals surface area contributed by atoms with Gasteiger partial charge in [-0.15, -0.1) is 0 Å². The van der Waals surface area contributed by atoms with Crippen LogP contribution in [0, 0.1) is 6.92 Å². The van der Waals surface area contributed by atoms with E-state index in [1.54, 1.807) is 4.90 Å². The predicted octanol–water partition coefficient (Wildman–Crippen LogP) is 5.37. The van der Waals surface area contributed by atoms with Crippen LogP contribution in [-0.2, 0) is 4.74 Å². The van der Waals surface area contributed by atoms with Gasteiger partial charge in [0, 0.05) is 31.0 Å². The number of rotatable bonds is 10. The maximum Gasteiger partial charge on any atom is 0.322 e. The number of amides is 2. The lowest BCUT2D eigenvalue weighted by Crippen LogP contribution is -2.46. The number of carbonyl (C=O) groups is 1. The highest BCUT2D eigenvalue weighted by molar-refractivity contribution is 5.86. The van der Waals surface area contributed by atoms with E-state index in [1.165, 1.54) is 0 Å². The van der Waals surface area contributed by atoms with Gasteiger partial charge < -0.3 is 19.3 Å². The Kier molecular flexibility index (Phi) is 7.82. The molecule has 1 N–H and O–H groups in total. The Balaban J connectivity index is 1.69. The number of ether oxygens (including phenoxy) is 2. The molecule has 1 aromatic heterocycles. The Labute approximate surface area is 205 Å². The number of hydrogen-bond acceptors (Lipinski definition) is 6. The average molecular weight is 477 g/mol. The maximum atomic E-state index is 13.1. The van der Waals surface area contributed by atoms with Crippen molar-refractivity contribution in [3.63, 3.8) is 0 Å². The van der Waals surface area contributed by atoms with Crippen molar-refractivity contribution in [1.82, 2.24) is 20.4 Å². The molecule has 0 bridgehead atoms. The van der Waals surface area contributed by atoms with E-state index in [0.29, 0.717) is 38.1 Å². The Hall–Kier alpha value is -3.65. The van der Waals surface area contributed by atoms with Gasteiger partial charge in [0.15, 0.2) is 0 Å². The number of aryl methyl sites for hydroxylation is 1. The molecule has 184 valence electrons. The summed E-state index contributed by atoms with van der Waals surface area (Å²) in [6.45, 7) is 10.2. The number of carbonyl (C=O) groups excluding carboxylic acids is 1. The van der Waals surface area contributed by atoms with Crippen molar-refractivity contribution < 1.29 is 18.8 Å². The first-order valence-corrected chi connectivity index (χ1v) is 12.0. The van der Waals surface area contributed by atoms with Gasteiger partial charge in [-0.25, -0.2) is 4.79 Å². The fourth-order valence-corrected chi connectivity index (χ4v) is 4.12. The fourth-order valence-electron chi connectivity index (χ4n) is 4.12. The number of benzene rings is 2. The van der Waals surface area contributed by atoms with Crippen LogP contribution >= 0.6 is 0 Å². The Morgan fingerprint density at radius 3 is 2.46 bits per heavy atom. The van der Waals surface area contributed by atoms with Crippen molar-refractivity contribution in [3.05, 3.63) is 71.2 Å². The maximum absolute atomic E-state index is 13.1. The van der Waals surface area contributed by atoms with Crippen molar-refractivity contribution >= 4 is 11.6 Å². The minimum atomic E-state index is -0.403. The molecule has 0 fully saturated rings. The molecule has 1 aliphatic rings. The number of nitrogens with zero attached hydrogens (tertiary/aromatic N) is 3. The minimum absolute atomic E-state index is 0.153. The second-order valence-corrected chi connectivity index (χ2v) is 8.37. The molecule has 4 rings (SSSR count). The summed E-state index contributed by atoms with van der Waals surface area (Å²) in [5.41, 5.74) is 4.49. The monoisotopic (exact) mass is 476 g/mol. The fraction of sp³-hybridized carbons (Fsp3) is 0.370. The summed E-state index contributed by atoms with van der Waals surface area (Å²) >= 11 is 0. The zero-order valence-electron chi connectivity index (χ0n) is 20.7. The zero-order chi connectivity index (χ0) is 24.8. The largest absolute Gasteiger partial charge is 0.494 e. The highest BCUT2D eigenvalue weighted by atomic mass is 16.5. The van der Waals surface area contributed by atoms with Gasteiger partial charge >= 0.3 is 6.03 Å². The summed E-state index contributed by atoms with van der Waals surface area (Å²) in [5, 5.41) is 7.37. The Morgan fingerprint density at radius 1 is 1.03 bits per heavy atom. The molecule has 35 heavy (non-hydrogen) atoms. The van der Waals surface area contributed by atoms with Gasteiger partial charge in [0.2, 0.25) is 5.82 Å². The molecule has 2 heterocycles. The molecule has 1 atom stereocenters. The van der Waals surface area contributed by atoms with Gasteiger partial charge in [-0.3, -0.25) is 4.90 Å². The molecule has 3 aromatic rings. The third-order valence-corrected chi connectivity index (χ3v) is 5.96. The normalized spacial score (nSPS) is 15.9. The van der Waals surface area contributed by atoms with E-state index in [2.05, 4.69) is 10.5 Å². The highest BCUT2D eigenvalue weighted by Crippen LogP contribution is 2.37. The van der Waals surface area contributed by atoms with Crippen molar-refractivity contribution in [1.29, 1.82) is 0 Å². The van der Waals surface area contributed by atoms with Crippen LogP contribution in [0.2, 0.25) is 0 Å². The van der Waals surface area contributed by atoms with E-state index in [9.17, 15) is 4.79 Å². The number of nitrogens with one attached hydrogen (secondary N) is 1. The van der Waals surface area contributed by atoms with Crippen molar-refractivity contribution in [2.75, 3.05) is 26.4 Å². The van der Waals surface area contributed by atoms with Crippen LogP contribution in [0.3, 0.4) is 0 Å². The lowest BCUT2D eigenvalue weighted by atomic mass is 9.94. The standard InChI is InChI=1S/C27H32N4O4/c1-5-33-17-7-16-31-19(4)23(24(28-27(31)32)20-10-8-18(3)9-11-20)26-29-25(30-35-26)21-12-14-22(15-13-21)34-6-2/h8-15,24H,5-7,16-17H2,1-4H3,(H,28,32). The summed E-state index contributed by atoms with van der Waals surface area (Å²) in [6.07, 6.45) is 0.725. The first kappa shape index (κ1) is 24.5. The third-order valence-electron chi connectivity index (χ3n) is 5.96. The van der Waals surface area contributed by atoms with Gasteiger partial charge in [0.25, 0.3) is 5.89 Å². The first-order chi connectivity index (χ1) is 17.0. The number of hydrogen-bond donors (Lipinski definition) is 1. The molecule has 0 aliphatic carbocycles.